The van der Waals surface area contributed by atoms with E-state index in [0.717, 1.165) is 60.6 Å². The molecule has 7 heteroatoms. The van der Waals surface area contributed by atoms with Gasteiger partial charge in [0.15, 0.2) is 0 Å². The number of ether oxygens (including phenoxy) is 1. The maximum absolute atomic E-state index is 12.4. The highest BCUT2D eigenvalue weighted by Crippen LogP contribution is 2.44. The summed E-state index contributed by atoms with van der Waals surface area (Å²) in [6.45, 7) is 5.89. The molecule has 0 atom stereocenters. The number of urea groups is 1. The Kier molecular flexibility index (Phi) is 5.09. The van der Waals surface area contributed by atoms with Crippen LogP contribution in [0, 0.1) is 6.92 Å². The maximum atomic E-state index is 12.4. The van der Waals surface area contributed by atoms with Crippen molar-refractivity contribution in [1.29, 1.82) is 0 Å². The largest absolute Gasteiger partial charge is 0.381 e. The molecule has 33 heavy (non-hydrogen) atoms. The van der Waals surface area contributed by atoms with Gasteiger partial charge >= 0.3 is 6.03 Å². The smallest absolute Gasteiger partial charge is 0.317 e. The number of nitrogens with zero attached hydrogens (tertiary/aromatic N) is 4. The monoisotopic (exact) mass is 445 g/mol. The summed E-state index contributed by atoms with van der Waals surface area (Å²) in [6.07, 6.45) is 6.53. The van der Waals surface area contributed by atoms with Gasteiger partial charge in [0.2, 0.25) is 0 Å². The van der Waals surface area contributed by atoms with Gasteiger partial charge < -0.3 is 19.5 Å². The summed E-state index contributed by atoms with van der Waals surface area (Å²) < 4.78 is 7.93. The number of carbonyl (C=O) groups is 1. The summed E-state index contributed by atoms with van der Waals surface area (Å²) >= 11 is 0. The van der Waals surface area contributed by atoms with Gasteiger partial charge in [0.25, 0.3) is 0 Å². The molecule has 0 unspecified atom stereocenters. The summed E-state index contributed by atoms with van der Waals surface area (Å²) in [5.74, 6) is 2.22. The Labute approximate surface area is 194 Å². The van der Waals surface area contributed by atoms with Crippen molar-refractivity contribution < 1.29 is 9.53 Å². The first-order chi connectivity index (χ1) is 16.1. The number of aromatic nitrogens is 3. The third kappa shape index (κ3) is 3.59. The highest BCUT2D eigenvalue weighted by molar-refractivity contribution is 5.97. The Bertz CT molecular complexity index is 1220. The van der Waals surface area contributed by atoms with E-state index in [4.69, 9.17) is 14.7 Å². The van der Waals surface area contributed by atoms with Crippen molar-refractivity contribution in [3.8, 4) is 11.3 Å². The molecule has 1 N–H and O–H groups in total. The lowest BCUT2D eigenvalue weighted by molar-refractivity contribution is 0.0845. The fraction of sp³-hybridized carbons (Fsp3) is 0.500. The third-order valence-electron chi connectivity index (χ3n) is 7.49. The average molecular weight is 446 g/mol. The Morgan fingerprint density at radius 3 is 2.70 bits per heavy atom. The zero-order valence-corrected chi connectivity index (χ0v) is 19.4. The number of nitrogens with one attached hydrogen (secondary N) is 1. The van der Waals surface area contributed by atoms with E-state index in [2.05, 4.69) is 35.0 Å². The molecule has 1 aliphatic carbocycles. The molecule has 0 radical (unpaired) electrons. The van der Waals surface area contributed by atoms with Gasteiger partial charge in [-0.3, -0.25) is 4.98 Å². The van der Waals surface area contributed by atoms with Crippen molar-refractivity contribution >= 4 is 16.8 Å². The molecule has 172 valence electrons. The summed E-state index contributed by atoms with van der Waals surface area (Å²) in [5.41, 5.74) is 5.69. The van der Waals surface area contributed by atoms with E-state index in [9.17, 15) is 4.79 Å². The minimum atomic E-state index is -0.0289. The topological polar surface area (TPSA) is 72.3 Å². The second-order valence-electron chi connectivity index (χ2n) is 9.64. The Balaban J connectivity index is 1.47. The molecule has 1 saturated carbocycles. The third-order valence-corrected chi connectivity index (χ3v) is 7.49. The quantitative estimate of drug-likeness (QED) is 0.651. The molecular weight excluding hydrogens is 414 g/mol. The van der Waals surface area contributed by atoms with E-state index >= 15 is 0 Å². The lowest BCUT2D eigenvalue weighted by atomic mass is 9.92. The number of amides is 2. The first-order valence-corrected chi connectivity index (χ1v) is 12.2. The minimum absolute atomic E-state index is 0.0289. The highest BCUT2D eigenvalue weighted by Gasteiger charge is 2.35. The molecule has 2 amide bonds. The molecule has 2 aliphatic heterocycles. The predicted octanol–water partition coefficient (Wildman–Crippen LogP) is 4.33. The molecule has 3 aromatic rings. The molecule has 1 saturated heterocycles. The zero-order valence-electron chi connectivity index (χ0n) is 19.4. The number of hydrogen-bond donors (Lipinski definition) is 1. The molecular formula is C26H31N5O2. The van der Waals surface area contributed by atoms with Crippen LogP contribution in [0.5, 0.6) is 0 Å². The van der Waals surface area contributed by atoms with E-state index in [1.807, 2.05) is 11.1 Å². The number of hydrogen-bond acceptors (Lipinski definition) is 4. The van der Waals surface area contributed by atoms with Crippen molar-refractivity contribution in [2.45, 2.75) is 57.5 Å². The fourth-order valence-electron chi connectivity index (χ4n) is 5.46. The molecule has 1 aromatic carbocycles. The number of pyridine rings is 1. The number of aryl methyl sites for hydroxylation is 1. The van der Waals surface area contributed by atoms with Crippen LogP contribution in [0.15, 0.2) is 24.4 Å². The van der Waals surface area contributed by atoms with Crippen molar-refractivity contribution in [1.82, 2.24) is 24.8 Å². The average Bonchev–Trinajstić information content (AvgIpc) is 3.64. The first kappa shape index (κ1) is 20.7. The Morgan fingerprint density at radius 1 is 1.12 bits per heavy atom. The second kappa shape index (κ2) is 8.13. The zero-order chi connectivity index (χ0) is 22.5. The van der Waals surface area contributed by atoms with Crippen molar-refractivity contribution in [3.63, 3.8) is 0 Å². The van der Waals surface area contributed by atoms with Gasteiger partial charge in [0, 0.05) is 68.0 Å². The van der Waals surface area contributed by atoms with E-state index in [1.165, 1.54) is 29.6 Å². The first-order valence-electron chi connectivity index (χ1n) is 12.2. The van der Waals surface area contributed by atoms with E-state index in [-0.39, 0.29) is 6.03 Å². The molecule has 0 spiro atoms. The number of imidazole rings is 1. The van der Waals surface area contributed by atoms with Crippen LogP contribution in [-0.4, -0.2) is 52.3 Å². The van der Waals surface area contributed by atoms with Crippen LogP contribution in [-0.2, 0) is 17.8 Å². The Hall–Kier alpha value is -2.93. The lowest BCUT2D eigenvalue weighted by Crippen LogP contribution is -2.43. The van der Waals surface area contributed by atoms with E-state index < -0.39 is 0 Å². The molecule has 0 bridgehead atoms. The number of rotatable bonds is 3. The minimum Gasteiger partial charge on any atom is -0.381 e. The predicted molar refractivity (Wildman–Crippen MR) is 127 cm³/mol. The highest BCUT2D eigenvalue weighted by atomic mass is 16.5. The number of benzene rings is 1. The van der Waals surface area contributed by atoms with Crippen LogP contribution >= 0.6 is 0 Å². The summed E-state index contributed by atoms with van der Waals surface area (Å²) in [4.78, 5) is 24.4. The van der Waals surface area contributed by atoms with Crippen LogP contribution in [0.4, 0.5) is 4.79 Å². The van der Waals surface area contributed by atoms with Gasteiger partial charge in [-0.15, -0.1) is 0 Å². The summed E-state index contributed by atoms with van der Waals surface area (Å²) in [6, 6.07) is 6.64. The molecule has 4 heterocycles. The standard InChI is InChI=1S/C26H31N5O2/c1-16-3-4-19-13-21(17-7-11-33-12-8-17)28-14-20(19)23(16)24-22-15-30(26(32)27-2)9-10-31(22)25(29-24)18-5-6-18/h3-4,13-14,17-18H,5-12,15H2,1-2H3,(H,27,32). The maximum Gasteiger partial charge on any atom is 0.317 e. The van der Waals surface area contributed by atoms with Crippen LogP contribution < -0.4 is 5.32 Å². The van der Waals surface area contributed by atoms with Crippen molar-refractivity contribution in [2.75, 3.05) is 26.8 Å². The van der Waals surface area contributed by atoms with Gasteiger partial charge in [0.05, 0.1) is 17.9 Å². The van der Waals surface area contributed by atoms with E-state index in [1.54, 1.807) is 7.05 Å². The normalized spacial score (nSPS) is 19.0. The van der Waals surface area contributed by atoms with E-state index in [0.29, 0.717) is 24.9 Å². The van der Waals surface area contributed by atoms with Crippen LogP contribution in [0.25, 0.3) is 22.0 Å². The lowest BCUT2D eigenvalue weighted by Gasteiger charge is -2.29. The van der Waals surface area contributed by atoms with Gasteiger partial charge in [-0.2, -0.15) is 0 Å². The van der Waals surface area contributed by atoms with Crippen molar-refractivity contribution in [3.05, 3.63) is 47.2 Å². The number of carbonyl (C=O) groups excluding carboxylic acids is 1. The van der Waals surface area contributed by atoms with Gasteiger partial charge in [-0.05, 0) is 49.6 Å². The summed E-state index contributed by atoms with van der Waals surface area (Å²) in [7, 11) is 1.70. The molecule has 2 fully saturated rings. The van der Waals surface area contributed by atoms with Gasteiger partial charge in [0.1, 0.15) is 5.82 Å². The molecule has 7 nitrogen and oxygen atoms in total. The van der Waals surface area contributed by atoms with Crippen LogP contribution in [0.3, 0.4) is 0 Å². The SMILES string of the molecule is CNC(=O)N1CCn2c(C3CC3)nc(-c3c(C)ccc4cc(C5CCOCC5)ncc34)c2C1. The van der Waals surface area contributed by atoms with Gasteiger partial charge in [-0.1, -0.05) is 12.1 Å². The summed E-state index contributed by atoms with van der Waals surface area (Å²) in [5, 5.41) is 5.14. The Morgan fingerprint density at radius 2 is 1.94 bits per heavy atom. The van der Waals surface area contributed by atoms with Crippen LogP contribution in [0.1, 0.15) is 60.3 Å². The van der Waals surface area contributed by atoms with Crippen LogP contribution in [0.2, 0.25) is 0 Å². The van der Waals surface area contributed by atoms with Gasteiger partial charge in [-0.25, -0.2) is 9.78 Å². The number of fused-ring (bicyclic) bond motifs is 2. The molecule has 2 aromatic heterocycles. The molecule has 3 aliphatic rings. The van der Waals surface area contributed by atoms with Crippen molar-refractivity contribution in [2.24, 2.45) is 0 Å². The molecule has 6 rings (SSSR count). The second-order valence-corrected chi connectivity index (χ2v) is 9.64. The fourth-order valence-corrected chi connectivity index (χ4v) is 5.46.